The van der Waals surface area contributed by atoms with Gasteiger partial charge >= 0.3 is 0 Å². The molecule has 18 heavy (non-hydrogen) atoms. The highest BCUT2D eigenvalue weighted by molar-refractivity contribution is 5.93. The topological polar surface area (TPSA) is 80.0 Å². The summed E-state index contributed by atoms with van der Waals surface area (Å²) in [6, 6.07) is 3.96. The Kier molecular flexibility index (Phi) is 6.14. The van der Waals surface area contributed by atoms with E-state index in [4.69, 9.17) is 5.73 Å². The Morgan fingerprint density at radius 2 is 2.33 bits per heavy atom. The van der Waals surface area contributed by atoms with E-state index < -0.39 is 0 Å². The molecule has 4 N–H and O–H groups in total. The van der Waals surface area contributed by atoms with Gasteiger partial charge in [-0.3, -0.25) is 9.78 Å². The number of aromatic nitrogens is 1. The van der Waals surface area contributed by atoms with E-state index in [0.29, 0.717) is 24.8 Å². The van der Waals surface area contributed by atoms with E-state index in [1.54, 1.807) is 12.3 Å². The number of nitrogens with two attached hydrogens (primary N) is 1. The summed E-state index contributed by atoms with van der Waals surface area (Å²) >= 11 is 0. The first-order chi connectivity index (χ1) is 8.67. The minimum atomic E-state index is -0.143. The highest BCUT2D eigenvalue weighted by atomic mass is 16.1. The largest absolute Gasteiger partial charge is 0.382 e. The predicted octanol–water partition coefficient (Wildman–Crippen LogP) is 1.37. The maximum Gasteiger partial charge on any atom is 0.269 e. The van der Waals surface area contributed by atoms with Crippen LogP contribution in [0.15, 0.2) is 18.3 Å². The maximum atomic E-state index is 11.6. The molecule has 0 bridgehead atoms. The van der Waals surface area contributed by atoms with E-state index in [1.165, 1.54) is 0 Å². The summed E-state index contributed by atoms with van der Waals surface area (Å²) in [5, 5.41) is 6.07. The average Bonchev–Trinajstić information content (AvgIpc) is 2.37. The molecule has 5 heteroatoms. The molecule has 100 valence electrons. The third kappa shape index (κ3) is 4.71. The van der Waals surface area contributed by atoms with Crippen molar-refractivity contribution in [2.45, 2.75) is 32.7 Å². The lowest BCUT2D eigenvalue weighted by molar-refractivity contribution is 0.0951. The molecule has 5 nitrogen and oxygen atoms in total. The molecule has 1 atom stereocenters. The molecule has 0 aliphatic carbocycles. The SMILES string of the molecule is CCNC(=O)c1cc(NC(C)CCCN)ccn1. The van der Waals surface area contributed by atoms with Gasteiger partial charge in [0.05, 0.1) is 0 Å². The molecule has 1 unspecified atom stereocenters. The quantitative estimate of drug-likeness (QED) is 0.683. The fraction of sp³-hybridized carbons (Fsp3) is 0.538. The third-order valence-corrected chi connectivity index (χ3v) is 2.58. The molecular formula is C13H22N4O. The van der Waals surface area contributed by atoms with Crippen LogP contribution < -0.4 is 16.4 Å². The van der Waals surface area contributed by atoms with Crippen LogP contribution in [0.2, 0.25) is 0 Å². The van der Waals surface area contributed by atoms with E-state index in [1.807, 2.05) is 13.0 Å². The number of pyridine rings is 1. The molecule has 0 aromatic carbocycles. The second-order valence-electron chi connectivity index (χ2n) is 4.27. The molecule has 0 aliphatic heterocycles. The normalized spacial score (nSPS) is 11.9. The highest BCUT2D eigenvalue weighted by Crippen LogP contribution is 2.11. The molecule has 0 spiro atoms. The summed E-state index contributed by atoms with van der Waals surface area (Å²) in [5.74, 6) is -0.143. The van der Waals surface area contributed by atoms with Gasteiger partial charge in [-0.2, -0.15) is 0 Å². The summed E-state index contributed by atoms with van der Waals surface area (Å²) in [5.41, 5.74) is 6.83. The maximum absolute atomic E-state index is 11.6. The van der Waals surface area contributed by atoms with Gasteiger partial charge in [-0.15, -0.1) is 0 Å². The molecule has 0 aliphatic rings. The lowest BCUT2D eigenvalue weighted by Gasteiger charge is -2.15. The molecule has 0 radical (unpaired) electrons. The van der Waals surface area contributed by atoms with Crippen LogP contribution in [0.4, 0.5) is 5.69 Å². The number of carbonyl (C=O) groups is 1. The monoisotopic (exact) mass is 250 g/mol. The van der Waals surface area contributed by atoms with E-state index in [-0.39, 0.29) is 5.91 Å². The van der Waals surface area contributed by atoms with Gasteiger partial charge in [0, 0.05) is 24.5 Å². The van der Waals surface area contributed by atoms with E-state index in [2.05, 4.69) is 22.5 Å². The first kappa shape index (κ1) is 14.4. The molecule has 0 fully saturated rings. The molecule has 1 aromatic rings. The van der Waals surface area contributed by atoms with E-state index in [0.717, 1.165) is 18.5 Å². The van der Waals surface area contributed by atoms with E-state index in [9.17, 15) is 4.79 Å². The minimum absolute atomic E-state index is 0.143. The fourth-order valence-electron chi connectivity index (χ4n) is 1.68. The molecule has 1 amide bonds. The Hall–Kier alpha value is -1.62. The van der Waals surface area contributed by atoms with Crippen molar-refractivity contribution < 1.29 is 4.79 Å². The molecule has 1 rings (SSSR count). The van der Waals surface area contributed by atoms with Crippen molar-refractivity contribution in [1.29, 1.82) is 0 Å². The summed E-state index contributed by atoms with van der Waals surface area (Å²) < 4.78 is 0. The van der Waals surface area contributed by atoms with Crippen LogP contribution in [0.25, 0.3) is 0 Å². The zero-order valence-electron chi connectivity index (χ0n) is 11.1. The van der Waals surface area contributed by atoms with Crippen molar-refractivity contribution in [2.24, 2.45) is 5.73 Å². The summed E-state index contributed by atoms with van der Waals surface area (Å²) in [6.45, 7) is 5.29. The van der Waals surface area contributed by atoms with Gasteiger partial charge in [0.1, 0.15) is 5.69 Å². The number of hydrogen-bond acceptors (Lipinski definition) is 4. The Morgan fingerprint density at radius 3 is 3.00 bits per heavy atom. The van der Waals surface area contributed by atoms with Gasteiger partial charge in [-0.25, -0.2) is 0 Å². The standard InChI is InChI=1S/C13H22N4O/c1-3-15-13(18)12-9-11(6-8-16-12)17-10(2)5-4-7-14/h6,8-10H,3-5,7,14H2,1-2H3,(H,15,18)(H,16,17). The number of nitrogens with one attached hydrogen (secondary N) is 2. The number of nitrogens with zero attached hydrogens (tertiary/aromatic N) is 1. The Morgan fingerprint density at radius 1 is 1.56 bits per heavy atom. The van der Waals surface area contributed by atoms with Crippen molar-refractivity contribution in [2.75, 3.05) is 18.4 Å². The highest BCUT2D eigenvalue weighted by Gasteiger charge is 2.07. The van der Waals surface area contributed by atoms with Crippen molar-refractivity contribution in [3.05, 3.63) is 24.0 Å². The van der Waals surface area contributed by atoms with E-state index >= 15 is 0 Å². The summed E-state index contributed by atoms with van der Waals surface area (Å²) in [7, 11) is 0. The smallest absolute Gasteiger partial charge is 0.269 e. The number of carbonyl (C=O) groups excluding carboxylic acids is 1. The lowest BCUT2D eigenvalue weighted by atomic mass is 10.1. The Bertz CT molecular complexity index is 381. The van der Waals surface area contributed by atoms with Crippen LogP contribution in [0.3, 0.4) is 0 Å². The van der Waals surface area contributed by atoms with Crippen LogP contribution in [0, 0.1) is 0 Å². The second kappa shape index (κ2) is 7.66. The fourth-order valence-corrected chi connectivity index (χ4v) is 1.68. The first-order valence-corrected chi connectivity index (χ1v) is 6.38. The molecule has 1 heterocycles. The van der Waals surface area contributed by atoms with Gasteiger partial charge in [0.15, 0.2) is 0 Å². The Labute approximate surface area is 108 Å². The van der Waals surface area contributed by atoms with Crippen LogP contribution in [0.5, 0.6) is 0 Å². The third-order valence-electron chi connectivity index (χ3n) is 2.58. The molecule has 1 aromatic heterocycles. The lowest BCUT2D eigenvalue weighted by Crippen LogP contribution is -2.24. The number of hydrogen-bond donors (Lipinski definition) is 3. The predicted molar refractivity (Wildman–Crippen MR) is 73.6 cm³/mol. The Balaban J connectivity index is 2.61. The number of rotatable bonds is 7. The molecule has 0 saturated heterocycles. The second-order valence-corrected chi connectivity index (χ2v) is 4.27. The van der Waals surface area contributed by atoms with Gasteiger partial charge in [-0.05, 0) is 45.4 Å². The first-order valence-electron chi connectivity index (χ1n) is 6.38. The van der Waals surface area contributed by atoms with Crippen LogP contribution >= 0.6 is 0 Å². The molecule has 0 saturated carbocycles. The zero-order chi connectivity index (χ0) is 13.4. The van der Waals surface area contributed by atoms with Gasteiger partial charge in [0.25, 0.3) is 5.91 Å². The number of anilines is 1. The summed E-state index contributed by atoms with van der Waals surface area (Å²) in [6.07, 6.45) is 3.64. The van der Waals surface area contributed by atoms with Crippen LogP contribution in [-0.4, -0.2) is 30.0 Å². The van der Waals surface area contributed by atoms with Crippen LogP contribution in [0.1, 0.15) is 37.2 Å². The van der Waals surface area contributed by atoms with Gasteiger partial charge in [0.2, 0.25) is 0 Å². The van der Waals surface area contributed by atoms with Crippen molar-refractivity contribution in [1.82, 2.24) is 10.3 Å². The van der Waals surface area contributed by atoms with Crippen molar-refractivity contribution in [3.8, 4) is 0 Å². The van der Waals surface area contributed by atoms with Crippen molar-refractivity contribution in [3.63, 3.8) is 0 Å². The van der Waals surface area contributed by atoms with Crippen molar-refractivity contribution >= 4 is 11.6 Å². The van der Waals surface area contributed by atoms with Crippen LogP contribution in [-0.2, 0) is 0 Å². The minimum Gasteiger partial charge on any atom is -0.382 e. The number of amides is 1. The van der Waals surface area contributed by atoms with Gasteiger partial charge in [-0.1, -0.05) is 0 Å². The van der Waals surface area contributed by atoms with Gasteiger partial charge < -0.3 is 16.4 Å². The summed E-state index contributed by atoms with van der Waals surface area (Å²) in [4.78, 5) is 15.7. The molecular weight excluding hydrogens is 228 g/mol. The zero-order valence-corrected chi connectivity index (χ0v) is 11.1. The average molecular weight is 250 g/mol.